The minimum Gasteiger partial charge on any atom is -0.481 e. The van der Waals surface area contributed by atoms with Gasteiger partial charge in [0.25, 0.3) is 5.91 Å². The number of carboxylic acid groups (broad SMARTS) is 1. The van der Waals surface area contributed by atoms with Gasteiger partial charge in [0.2, 0.25) is 6.29 Å². The Hall–Kier alpha value is -3.68. The minimum absolute atomic E-state index is 0.0231. The normalized spacial score (nSPS) is 16.2. The van der Waals surface area contributed by atoms with Gasteiger partial charge in [0.15, 0.2) is 0 Å². The number of carboxylic acids is 1. The Kier molecular flexibility index (Phi) is 7.86. The SMILES string of the molecule is CC(OC(=O)CCC(=O)O)OC(=O)c1ccc(C(=O)Nc2ccc3c(c2)C(C)(C)CCC3(C)C)cc1. The third-order valence-corrected chi connectivity index (χ3v) is 6.61. The van der Waals surface area contributed by atoms with Crippen molar-refractivity contribution in [2.45, 2.75) is 77.4 Å². The molecule has 0 bridgehead atoms. The molecule has 0 heterocycles. The highest BCUT2D eigenvalue weighted by Crippen LogP contribution is 2.46. The third kappa shape index (κ3) is 6.50. The second kappa shape index (κ2) is 10.5. The second-order valence-electron chi connectivity index (χ2n) is 10.4. The molecule has 192 valence electrons. The van der Waals surface area contributed by atoms with E-state index in [1.165, 1.54) is 42.3 Å². The largest absolute Gasteiger partial charge is 0.481 e. The minimum atomic E-state index is -1.18. The lowest BCUT2D eigenvalue weighted by molar-refractivity contribution is -0.166. The smallest absolute Gasteiger partial charge is 0.341 e. The van der Waals surface area contributed by atoms with Crippen LogP contribution in [0.1, 0.15) is 92.1 Å². The van der Waals surface area contributed by atoms with Crippen molar-refractivity contribution in [2.24, 2.45) is 0 Å². The summed E-state index contributed by atoms with van der Waals surface area (Å²) in [7, 11) is 0. The highest BCUT2D eigenvalue weighted by atomic mass is 16.7. The maximum Gasteiger partial charge on any atom is 0.341 e. The van der Waals surface area contributed by atoms with Crippen molar-refractivity contribution < 1.29 is 33.8 Å². The summed E-state index contributed by atoms with van der Waals surface area (Å²) in [5, 5.41) is 11.5. The van der Waals surface area contributed by atoms with E-state index in [9.17, 15) is 19.2 Å². The van der Waals surface area contributed by atoms with Crippen molar-refractivity contribution >= 4 is 29.5 Å². The van der Waals surface area contributed by atoms with Crippen molar-refractivity contribution in [3.8, 4) is 0 Å². The molecule has 0 fully saturated rings. The monoisotopic (exact) mass is 495 g/mol. The second-order valence-corrected chi connectivity index (χ2v) is 10.4. The molecular formula is C28H33NO7. The van der Waals surface area contributed by atoms with E-state index < -0.39 is 24.2 Å². The number of aliphatic carboxylic acids is 1. The average Bonchev–Trinajstić information content (AvgIpc) is 2.80. The van der Waals surface area contributed by atoms with Crippen LogP contribution in [0.15, 0.2) is 42.5 Å². The van der Waals surface area contributed by atoms with Crippen molar-refractivity contribution in [1.29, 1.82) is 0 Å². The molecule has 1 aliphatic rings. The van der Waals surface area contributed by atoms with Gasteiger partial charge in [-0.2, -0.15) is 0 Å². The highest BCUT2D eigenvalue weighted by molar-refractivity contribution is 6.05. The predicted octanol–water partition coefficient (Wildman–Crippen LogP) is 5.20. The number of nitrogens with one attached hydrogen (secondary N) is 1. The lowest BCUT2D eigenvalue weighted by Gasteiger charge is -2.42. The zero-order chi connectivity index (χ0) is 26.7. The first-order chi connectivity index (χ1) is 16.8. The third-order valence-electron chi connectivity index (χ3n) is 6.61. The predicted molar refractivity (Wildman–Crippen MR) is 134 cm³/mol. The zero-order valence-corrected chi connectivity index (χ0v) is 21.3. The number of carbonyl (C=O) groups excluding carboxylic acids is 3. The summed E-state index contributed by atoms with van der Waals surface area (Å²) in [6.45, 7) is 10.3. The average molecular weight is 496 g/mol. The summed E-state index contributed by atoms with van der Waals surface area (Å²) in [4.78, 5) is 47.2. The van der Waals surface area contributed by atoms with E-state index >= 15 is 0 Å². The molecule has 8 nitrogen and oxygen atoms in total. The summed E-state index contributed by atoms with van der Waals surface area (Å²) in [6, 6.07) is 12.0. The van der Waals surface area contributed by atoms with Crippen LogP contribution in [0.5, 0.6) is 0 Å². The molecule has 3 rings (SSSR count). The number of ether oxygens (including phenoxy) is 2. The lowest BCUT2D eigenvalue weighted by Crippen LogP contribution is -2.33. The van der Waals surface area contributed by atoms with Crippen LogP contribution in [0.25, 0.3) is 0 Å². The van der Waals surface area contributed by atoms with Gasteiger partial charge in [-0.05, 0) is 71.2 Å². The van der Waals surface area contributed by atoms with Gasteiger partial charge in [-0.15, -0.1) is 0 Å². The van der Waals surface area contributed by atoms with Crippen LogP contribution in [0.3, 0.4) is 0 Å². The Labute approximate surface area is 211 Å². The molecular weight excluding hydrogens is 462 g/mol. The van der Waals surface area contributed by atoms with Crippen LogP contribution >= 0.6 is 0 Å². The number of carbonyl (C=O) groups is 4. The molecule has 0 aromatic heterocycles. The van der Waals surface area contributed by atoms with Gasteiger partial charge >= 0.3 is 17.9 Å². The maximum absolute atomic E-state index is 12.8. The van der Waals surface area contributed by atoms with E-state index in [4.69, 9.17) is 14.6 Å². The number of rotatable bonds is 8. The van der Waals surface area contributed by atoms with Crippen molar-refractivity contribution in [2.75, 3.05) is 5.32 Å². The van der Waals surface area contributed by atoms with Gasteiger partial charge < -0.3 is 19.9 Å². The quantitative estimate of drug-likeness (QED) is 0.382. The van der Waals surface area contributed by atoms with Crippen LogP contribution < -0.4 is 5.32 Å². The van der Waals surface area contributed by atoms with E-state index in [0.29, 0.717) is 11.3 Å². The molecule has 1 aliphatic carbocycles. The molecule has 8 heteroatoms. The Morgan fingerprint density at radius 2 is 1.44 bits per heavy atom. The van der Waals surface area contributed by atoms with Crippen molar-refractivity contribution in [3.63, 3.8) is 0 Å². The Balaban J connectivity index is 1.62. The molecule has 2 N–H and O–H groups in total. The fourth-order valence-electron chi connectivity index (χ4n) is 4.32. The van der Waals surface area contributed by atoms with E-state index in [-0.39, 0.29) is 35.1 Å². The van der Waals surface area contributed by atoms with Gasteiger partial charge in [0, 0.05) is 18.2 Å². The van der Waals surface area contributed by atoms with Gasteiger partial charge in [-0.25, -0.2) is 4.79 Å². The number of anilines is 1. The first kappa shape index (κ1) is 26.9. The van der Waals surface area contributed by atoms with E-state index in [2.05, 4.69) is 45.1 Å². The lowest BCUT2D eigenvalue weighted by atomic mass is 9.63. The van der Waals surface area contributed by atoms with Crippen LogP contribution in [0.4, 0.5) is 5.69 Å². The Bertz CT molecular complexity index is 1160. The van der Waals surface area contributed by atoms with Crippen LogP contribution in [-0.4, -0.2) is 35.2 Å². The molecule has 2 aromatic carbocycles. The molecule has 36 heavy (non-hydrogen) atoms. The molecule has 1 unspecified atom stereocenters. The summed E-state index contributed by atoms with van der Waals surface area (Å²) in [5.74, 6) is -2.94. The fraction of sp³-hybridized carbons (Fsp3) is 0.429. The maximum atomic E-state index is 12.8. The topological polar surface area (TPSA) is 119 Å². The number of esters is 2. The number of amides is 1. The van der Waals surface area contributed by atoms with E-state index in [1.807, 2.05) is 6.07 Å². The number of fused-ring (bicyclic) bond motifs is 1. The standard InChI is InChI=1S/C28H33NO7/c1-17(35-24(32)13-12-23(30)31)36-26(34)19-8-6-18(7-9-19)25(33)29-20-10-11-21-22(16-20)28(4,5)15-14-27(21,2)3/h6-11,16-17H,12-15H2,1-5H3,(H,29,33)(H,30,31). The summed E-state index contributed by atoms with van der Waals surface area (Å²) in [6.07, 6.45) is 0.312. The molecule has 0 spiro atoms. The molecule has 0 saturated carbocycles. The summed E-state index contributed by atoms with van der Waals surface area (Å²) < 4.78 is 9.95. The number of hydrogen-bond donors (Lipinski definition) is 2. The van der Waals surface area contributed by atoms with Crippen LogP contribution in [-0.2, 0) is 29.9 Å². The van der Waals surface area contributed by atoms with E-state index in [0.717, 1.165) is 12.8 Å². The van der Waals surface area contributed by atoms with Gasteiger partial charge in [0.1, 0.15) is 0 Å². The number of hydrogen-bond acceptors (Lipinski definition) is 6. The van der Waals surface area contributed by atoms with Crippen molar-refractivity contribution in [3.05, 3.63) is 64.7 Å². The Morgan fingerprint density at radius 1 is 0.861 bits per heavy atom. The van der Waals surface area contributed by atoms with Crippen LogP contribution in [0, 0.1) is 0 Å². The summed E-state index contributed by atoms with van der Waals surface area (Å²) in [5.41, 5.74) is 3.93. The van der Waals surface area contributed by atoms with Crippen LogP contribution in [0.2, 0.25) is 0 Å². The molecule has 1 amide bonds. The zero-order valence-electron chi connectivity index (χ0n) is 21.3. The molecule has 0 saturated heterocycles. The molecule has 0 radical (unpaired) electrons. The van der Waals surface area contributed by atoms with E-state index in [1.54, 1.807) is 0 Å². The number of benzene rings is 2. The molecule has 0 aliphatic heterocycles. The molecule has 1 atom stereocenters. The first-order valence-electron chi connectivity index (χ1n) is 12.0. The molecule has 2 aromatic rings. The van der Waals surface area contributed by atoms with Gasteiger partial charge in [-0.3, -0.25) is 14.4 Å². The first-order valence-corrected chi connectivity index (χ1v) is 12.0. The van der Waals surface area contributed by atoms with Gasteiger partial charge in [0.05, 0.1) is 18.4 Å². The van der Waals surface area contributed by atoms with Crippen molar-refractivity contribution in [1.82, 2.24) is 0 Å². The highest BCUT2D eigenvalue weighted by Gasteiger charge is 2.37. The Morgan fingerprint density at radius 3 is 2.06 bits per heavy atom. The fourth-order valence-corrected chi connectivity index (χ4v) is 4.32. The summed E-state index contributed by atoms with van der Waals surface area (Å²) >= 11 is 0. The van der Waals surface area contributed by atoms with Gasteiger partial charge in [-0.1, -0.05) is 33.8 Å².